The van der Waals surface area contributed by atoms with Crippen LogP contribution in [0, 0.1) is 17.6 Å². The van der Waals surface area contributed by atoms with Gasteiger partial charge in [-0.15, -0.1) is 0 Å². The average molecular weight is 253 g/mol. The fraction of sp³-hybridized carbons (Fsp3) is 0.462. The molecule has 18 heavy (non-hydrogen) atoms. The number of imidazole rings is 1. The Labute approximate surface area is 105 Å². The Morgan fingerprint density at radius 3 is 2.72 bits per heavy atom. The molecule has 0 aliphatic rings. The zero-order valence-corrected chi connectivity index (χ0v) is 10.6. The Morgan fingerprint density at radius 1 is 1.33 bits per heavy atom. The number of benzene rings is 1. The lowest BCUT2D eigenvalue weighted by atomic mass is 10.1. The number of hydrogen-bond acceptors (Lipinski definition) is 2. The second-order valence-electron chi connectivity index (χ2n) is 4.91. The molecule has 3 nitrogen and oxygen atoms in total. The Bertz CT molecular complexity index is 561. The maximum Gasteiger partial charge on any atom is 0.201 e. The molecule has 0 bridgehead atoms. The lowest BCUT2D eigenvalue weighted by molar-refractivity contribution is 0.518. The summed E-state index contributed by atoms with van der Waals surface area (Å²) < 4.78 is 28.4. The van der Waals surface area contributed by atoms with E-state index in [1.807, 2.05) is 0 Å². The summed E-state index contributed by atoms with van der Waals surface area (Å²) in [5.74, 6) is -0.447. The molecule has 0 aliphatic heterocycles. The summed E-state index contributed by atoms with van der Waals surface area (Å²) >= 11 is 0. The van der Waals surface area contributed by atoms with Crippen LogP contribution in [0.5, 0.6) is 0 Å². The van der Waals surface area contributed by atoms with E-state index in [0.717, 1.165) is 18.9 Å². The summed E-state index contributed by atoms with van der Waals surface area (Å²) in [5, 5.41) is 0. The van der Waals surface area contributed by atoms with Crippen molar-refractivity contribution < 1.29 is 8.78 Å². The molecule has 1 aromatic carbocycles. The first-order valence-corrected chi connectivity index (χ1v) is 6.09. The van der Waals surface area contributed by atoms with Gasteiger partial charge in [0.2, 0.25) is 5.95 Å². The van der Waals surface area contributed by atoms with Gasteiger partial charge in [-0.2, -0.15) is 0 Å². The first-order valence-electron chi connectivity index (χ1n) is 6.09. The summed E-state index contributed by atoms with van der Waals surface area (Å²) in [4.78, 5) is 3.95. The Morgan fingerprint density at radius 2 is 2.06 bits per heavy atom. The number of nitrogens with zero attached hydrogens (tertiary/aromatic N) is 2. The molecule has 0 spiro atoms. The van der Waals surface area contributed by atoms with Crippen molar-refractivity contribution in [2.75, 3.05) is 5.73 Å². The first kappa shape index (κ1) is 12.8. The van der Waals surface area contributed by atoms with Gasteiger partial charge in [-0.05, 0) is 18.8 Å². The number of fused-ring (bicyclic) bond motifs is 1. The van der Waals surface area contributed by atoms with E-state index < -0.39 is 11.6 Å². The summed E-state index contributed by atoms with van der Waals surface area (Å²) in [5.41, 5.74) is 6.31. The van der Waals surface area contributed by atoms with Crippen molar-refractivity contribution in [3.05, 3.63) is 23.8 Å². The highest BCUT2D eigenvalue weighted by Gasteiger charge is 2.13. The monoisotopic (exact) mass is 253 g/mol. The van der Waals surface area contributed by atoms with Crippen LogP contribution in [0.3, 0.4) is 0 Å². The molecule has 0 fully saturated rings. The molecule has 0 amide bonds. The summed E-state index contributed by atoms with van der Waals surface area (Å²) in [6.07, 6.45) is 1.95. The van der Waals surface area contributed by atoms with Crippen LogP contribution in [0.1, 0.15) is 26.7 Å². The van der Waals surface area contributed by atoms with Crippen LogP contribution < -0.4 is 5.73 Å². The van der Waals surface area contributed by atoms with E-state index in [-0.39, 0.29) is 11.5 Å². The van der Waals surface area contributed by atoms with Crippen molar-refractivity contribution in [2.45, 2.75) is 33.2 Å². The lowest BCUT2D eigenvalue weighted by Gasteiger charge is -2.08. The third kappa shape index (κ3) is 2.44. The van der Waals surface area contributed by atoms with Crippen LogP contribution in [0.15, 0.2) is 12.1 Å². The summed E-state index contributed by atoms with van der Waals surface area (Å²) in [7, 11) is 0. The first-order chi connectivity index (χ1) is 8.49. The van der Waals surface area contributed by atoms with Crippen molar-refractivity contribution in [3.8, 4) is 0 Å². The summed E-state index contributed by atoms with van der Waals surface area (Å²) in [6, 6.07) is 2.10. The van der Waals surface area contributed by atoms with Crippen molar-refractivity contribution >= 4 is 17.0 Å². The van der Waals surface area contributed by atoms with Gasteiger partial charge in [0, 0.05) is 18.7 Å². The predicted molar refractivity (Wildman–Crippen MR) is 68.1 cm³/mol. The highest BCUT2D eigenvalue weighted by molar-refractivity contribution is 5.79. The minimum absolute atomic E-state index is 0.137. The van der Waals surface area contributed by atoms with Crippen molar-refractivity contribution in [1.82, 2.24) is 9.55 Å². The molecule has 0 saturated carbocycles. The molecule has 2 rings (SSSR count). The van der Waals surface area contributed by atoms with Gasteiger partial charge in [0.1, 0.15) is 11.3 Å². The van der Waals surface area contributed by atoms with Crippen molar-refractivity contribution in [3.63, 3.8) is 0 Å². The smallest absolute Gasteiger partial charge is 0.201 e. The van der Waals surface area contributed by atoms with Gasteiger partial charge in [0.05, 0.1) is 5.52 Å². The number of rotatable bonds is 4. The van der Waals surface area contributed by atoms with Gasteiger partial charge in [-0.3, -0.25) is 0 Å². The van der Waals surface area contributed by atoms with Crippen LogP contribution in [-0.2, 0) is 6.54 Å². The predicted octanol–water partition coefficient (Wildman–Crippen LogP) is 3.33. The van der Waals surface area contributed by atoms with E-state index in [4.69, 9.17) is 5.73 Å². The highest BCUT2D eigenvalue weighted by Crippen LogP contribution is 2.23. The topological polar surface area (TPSA) is 43.8 Å². The molecule has 0 saturated heterocycles. The van der Waals surface area contributed by atoms with Gasteiger partial charge in [0.15, 0.2) is 5.82 Å². The summed E-state index contributed by atoms with van der Waals surface area (Å²) in [6.45, 7) is 4.90. The number of nitrogens with two attached hydrogens (primary N) is 1. The molecule has 1 heterocycles. The maximum absolute atomic E-state index is 13.5. The van der Waals surface area contributed by atoms with E-state index in [1.165, 1.54) is 6.07 Å². The highest BCUT2D eigenvalue weighted by atomic mass is 19.1. The standard InChI is InChI=1S/C13H17F2N3/c1-8(2)4-3-5-18-11-7-9(14)6-10(15)12(11)17-13(18)16/h6-8H,3-5H2,1-2H3,(H2,16,17). The number of halogens is 2. The number of anilines is 1. The van der Waals surface area contributed by atoms with Crippen LogP contribution >= 0.6 is 0 Å². The van der Waals surface area contributed by atoms with Crippen LogP contribution in [-0.4, -0.2) is 9.55 Å². The number of aryl methyl sites for hydroxylation is 1. The normalized spacial score (nSPS) is 11.6. The van der Waals surface area contributed by atoms with Gasteiger partial charge < -0.3 is 10.3 Å². The fourth-order valence-electron chi connectivity index (χ4n) is 2.06. The van der Waals surface area contributed by atoms with Gasteiger partial charge in [-0.25, -0.2) is 13.8 Å². The SMILES string of the molecule is CC(C)CCCn1c(N)nc2c(F)cc(F)cc21. The molecule has 2 aromatic rings. The lowest BCUT2D eigenvalue weighted by Crippen LogP contribution is -2.04. The van der Waals surface area contributed by atoms with Crippen LogP contribution in [0.25, 0.3) is 11.0 Å². The third-order valence-corrected chi connectivity index (χ3v) is 2.96. The number of aromatic nitrogens is 2. The number of hydrogen-bond donors (Lipinski definition) is 1. The zero-order chi connectivity index (χ0) is 13.3. The molecule has 0 unspecified atom stereocenters. The second-order valence-corrected chi connectivity index (χ2v) is 4.91. The molecule has 98 valence electrons. The zero-order valence-electron chi connectivity index (χ0n) is 10.6. The Balaban J connectivity index is 2.34. The van der Waals surface area contributed by atoms with E-state index in [0.29, 0.717) is 18.0 Å². The average Bonchev–Trinajstić information content (AvgIpc) is 2.56. The fourth-order valence-corrected chi connectivity index (χ4v) is 2.06. The van der Waals surface area contributed by atoms with Crippen molar-refractivity contribution in [1.29, 1.82) is 0 Å². The molecule has 2 N–H and O–H groups in total. The largest absolute Gasteiger partial charge is 0.369 e. The minimum Gasteiger partial charge on any atom is -0.369 e. The molecule has 0 aliphatic carbocycles. The van der Waals surface area contributed by atoms with Gasteiger partial charge in [0.25, 0.3) is 0 Å². The Kier molecular flexibility index (Phi) is 3.50. The molecule has 5 heteroatoms. The van der Waals surface area contributed by atoms with E-state index in [1.54, 1.807) is 4.57 Å². The molecule has 1 aromatic heterocycles. The van der Waals surface area contributed by atoms with Crippen LogP contribution in [0.4, 0.5) is 14.7 Å². The van der Waals surface area contributed by atoms with E-state index in [2.05, 4.69) is 18.8 Å². The molecule has 0 atom stereocenters. The maximum atomic E-state index is 13.5. The van der Waals surface area contributed by atoms with Gasteiger partial charge in [-0.1, -0.05) is 13.8 Å². The molecule has 0 radical (unpaired) electrons. The quantitative estimate of drug-likeness (QED) is 0.908. The van der Waals surface area contributed by atoms with Gasteiger partial charge >= 0.3 is 0 Å². The minimum atomic E-state index is -0.667. The van der Waals surface area contributed by atoms with E-state index in [9.17, 15) is 8.78 Å². The van der Waals surface area contributed by atoms with E-state index >= 15 is 0 Å². The van der Waals surface area contributed by atoms with Crippen LogP contribution in [0.2, 0.25) is 0 Å². The van der Waals surface area contributed by atoms with Crippen molar-refractivity contribution in [2.24, 2.45) is 5.92 Å². The second kappa shape index (κ2) is 4.92. The molecular weight excluding hydrogens is 236 g/mol. The Hall–Kier alpha value is -1.65. The third-order valence-electron chi connectivity index (χ3n) is 2.96. The number of nitrogen functional groups attached to an aromatic ring is 1. The molecular formula is C13H17F2N3.